The number of nitrogens with zero attached hydrogens (tertiary/aromatic N) is 3. The molecule has 1 aliphatic carbocycles. The third-order valence-corrected chi connectivity index (χ3v) is 3.90. The van der Waals surface area contributed by atoms with Crippen LogP contribution in [0.1, 0.15) is 43.1 Å². The highest BCUT2D eigenvalue weighted by Gasteiger charge is 2.41. The third kappa shape index (κ3) is 2.93. The van der Waals surface area contributed by atoms with Crippen LogP contribution in [-0.2, 0) is 5.54 Å². The maximum atomic E-state index is 12.3. The van der Waals surface area contributed by atoms with Gasteiger partial charge in [-0.1, -0.05) is 24.1 Å². The molecule has 0 aliphatic heterocycles. The topological polar surface area (TPSA) is 92.9 Å². The van der Waals surface area contributed by atoms with Crippen molar-refractivity contribution in [3.05, 3.63) is 35.6 Å². The first-order valence-corrected chi connectivity index (χ1v) is 7.41. The van der Waals surface area contributed by atoms with Gasteiger partial charge in [0.15, 0.2) is 5.82 Å². The van der Waals surface area contributed by atoms with Crippen LogP contribution >= 0.6 is 0 Å². The monoisotopic (exact) mass is 301 g/mol. The van der Waals surface area contributed by atoms with Crippen LogP contribution in [0.25, 0.3) is 0 Å². The summed E-state index contributed by atoms with van der Waals surface area (Å²) in [6.07, 6.45) is 3.66. The van der Waals surface area contributed by atoms with Crippen LogP contribution in [0, 0.1) is 13.8 Å². The number of pyridine rings is 1. The number of carbonyl (C=O) groups excluding carboxylic acids is 1. The summed E-state index contributed by atoms with van der Waals surface area (Å²) >= 11 is 0. The summed E-state index contributed by atoms with van der Waals surface area (Å²) in [7, 11) is 0. The molecule has 1 fully saturated rings. The van der Waals surface area contributed by atoms with E-state index in [1.165, 1.54) is 0 Å². The van der Waals surface area contributed by atoms with Crippen molar-refractivity contribution in [1.82, 2.24) is 20.4 Å². The van der Waals surface area contributed by atoms with Gasteiger partial charge in [0.25, 0.3) is 0 Å². The number of hydrogen-bond donors (Lipinski definition) is 2. The highest BCUT2D eigenvalue weighted by molar-refractivity contribution is 5.88. The minimum atomic E-state index is -0.550. The standard InChI is InChI=1S/C15H19N5O2/c1-10-6-5-7-12(16-10)18-14(21)19-15(8-3-4-9-15)13-17-11(2)22-20-13/h5-7H,3-4,8-9H2,1-2H3,(H2,16,18,19,21). The first kappa shape index (κ1) is 14.5. The average Bonchev–Trinajstić information content (AvgIpc) is 3.08. The SMILES string of the molecule is Cc1cccc(NC(=O)NC2(c3noc(C)n3)CCCC2)n1. The molecule has 1 aliphatic rings. The molecule has 0 unspecified atom stereocenters. The minimum absolute atomic E-state index is 0.303. The van der Waals surface area contributed by atoms with Crippen molar-refractivity contribution in [2.75, 3.05) is 5.32 Å². The smallest absolute Gasteiger partial charge is 0.321 e. The second-order valence-corrected chi connectivity index (χ2v) is 5.67. The van der Waals surface area contributed by atoms with E-state index in [4.69, 9.17) is 4.52 Å². The summed E-state index contributed by atoms with van der Waals surface area (Å²) in [6, 6.07) is 5.18. The number of aromatic nitrogens is 3. The van der Waals surface area contributed by atoms with Crippen molar-refractivity contribution in [3.8, 4) is 0 Å². The van der Waals surface area contributed by atoms with Gasteiger partial charge in [0.1, 0.15) is 11.4 Å². The highest BCUT2D eigenvalue weighted by Crippen LogP contribution is 2.37. The zero-order valence-electron chi connectivity index (χ0n) is 12.7. The van der Waals surface area contributed by atoms with Crippen molar-refractivity contribution >= 4 is 11.8 Å². The van der Waals surface area contributed by atoms with E-state index in [0.717, 1.165) is 31.4 Å². The Hall–Kier alpha value is -2.44. The van der Waals surface area contributed by atoms with Crippen molar-refractivity contribution < 1.29 is 9.32 Å². The predicted octanol–water partition coefficient (Wildman–Crippen LogP) is 2.67. The van der Waals surface area contributed by atoms with E-state index in [1.807, 2.05) is 19.1 Å². The molecular formula is C15H19N5O2. The van der Waals surface area contributed by atoms with E-state index < -0.39 is 5.54 Å². The van der Waals surface area contributed by atoms with Crippen LogP contribution in [0.15, 0.2) is 22.7 Å². The lowest BCUT2D eigenvalue weighted by Crippen LogP contribution is -2.46. The number of anilines is 1. The molecule has 2 heterocycles. The molecule has 0 radical (unpaired) electrons. The Labute approximate surface area is 128 Å². The van der Waals surface area contributed by atoms with Gasteiger partial charge in [-0.2, -0.15) is 4.98 Å². The molecule has 3 rings (SSSR count). The number of rotatable bonds is 3. The second kappa shape index (κ2) is 5.75. The molecule has 7 heteroatoms. The van der Waals surface area contributed by atoms with Crippen molar-refractivity contribution in [2.24, 2.45) is 0 Å². The van der Waals surface area contributed by atoms with Gasteiger partial charge in [-0.15, -0.1) is 0 Å². The van der Waals surface area contributed by atoms with Gasteiger partial charge < -0.3 is 9.84 Å². The Morgan fingerprint density at radius 2 is 2.00 bits per heavy atom. The first-order chi connectivity index (χ1) is 10.6. The Bertz CT molecular complexity index is 676. The molecule has 22 heavy (non-hydrogen) atoms. The summed E-state index contributed by atoms with van der Waals surface area (Å²) in [6.45, 7) is 3.62. The normalized spacial score (nSPS) is 16.5. The fourth-order valence-corrected chi connectivity index (χ4v) is 2.85. The molecule has 2 aromatic heterocycles. The molecule has 0 saturated heterocycles. The summed E-state index contributed by atoms with van der Waals surface area (Å²) in [4.78, 5) is 20.9. The van der Waals surface area contributed by atoms with Crippen molar-refractivity contribution in [1.29, 1.82) is 0 Å². The fourth-order valence-electron chi connectivity index (χ4n) is 2.85. The van der Waals surface area contributed by atoms with Gasteiger partial charge in [-0.3, -0.25) is 5.32 Å². The van der Waals surface area contributed by atoms with Gasteiger partial charge in [-0.25, -0.2) is 9.78 Å². The van der Waals surface area contributed by atoms with Crippen molar-refractivity contribution in [3.63, 3.8) is 0 Å². The zero-order chi connectivity index (χ0) is 15.6. The molecule has 0 spiro atoms. The number of nitrogens with one attached hydrogen (secondary N) is 2. The molecule has 2 amide bonds. The van der Waals surface area contributed by atoms with E-state index >= 15 is 0 Å². The predicted molar refractivity (Wildman–Crippen MR) is 80.3 cm³/mol. The number of aryl methyl sites for hydroxylation is 2. The summed E-state index contributed by atoms with van der Waals surface area (Å²) < 4.78 is 5.07. The first-order valence-electron chi connectivity index (χ1n) is 7.41. The third-order valence-electron chi connectivity index (χ3n) is 3.90. The van der Waals surface area contributed by atoms with Gasteiger partial charge in [0.05, 0.1) is 0 Å². The van der Waals surface area contributed by atoms with Gasteiger partial charge in [0, 0.05) is 12.6 Å². The lowest BCUT2D eigenvalue weighted by atomic mass is 9.97. The molecule has 0 aromatic carbocycles. The fraction of sp³-hybridized carbons (Fsp3) is 0.467. The van der Waals surface area contributed by atoms with E-state index in [9.17, 15) is 4.79 Å². The molecule has 1 saturated carbocycles. The lowest BCUT2D eigenvalue weighted by Gasteiger charge is -2.26. The second-order valence-electron chi connectivity index (χ2n) is 5.67. The Kier molecular flexibility index (Phi) is 3.79. The van der Waals surface area contributed by atoms with Crippen LogP contribution < -0.4 is 10.6 Å². The highest BCUT2D eigenvalue weighted by atomic mass is 16.5. The van der Waals surface area contributed by atoms with Gasteiger partial charge in [0.2, 0.25) is 5.89 Å². The largest absolute Gasteiger partial charge is 0.340 e. The molecule has 116 valence electrons. The summed E-state index contributed by atoms with van der Waals surface area (Å²) in [5.74, 6) is 1.58. The number of urea groups is 1. The molecule has 0 atom stereocenters. The van der Waals surface area contributed by atoms with Gasteiger partial charge in [-0.05, 0) is 31.9 Å². The molecular weight excluding hydrogens is 282 g/mol. The summed E-state index contributed by atoms with van der Waals surface area (Å²) in [5, 5.41) is 9.78. The molecule has 2 aromatic rings. The molecule has 2 N–H and O–H groups in total. The number of amides is 2. The van der Waals surface area contributed by atoms with E-state index in [2.05, 4.69) is 25.8 Å². The summed E-state index contributed by atoms with van der Waals surface area (Å²) in [5.41, 5.74) is 0.299. The minimum Gasteiger partial charge on any atom is -0.340 e. The Morgan fingerprint density at radius 3 is 2.64 bits per heavy atom. The van der Waals surface area contributed by atoms with E-state index in [0.29, 0.717) is 17.5 Å². The van der Waals surface area contributed by atoms with E-state index in [1.54, 1.807) is 13.0 Å². The van der Waals surface area contributed by atoms with Gasteiger partial charge >= 0.3 is 6.03 Å². The Morgan fingerprint density at radius 1 is 1.23 bits per heavy atom. The molecule has 7 nitrogen and oxygen atoms in total. The van der Waals surface area contributed by atoms with E-state index in [-0.39, 0.29) is 6.03 Å². The lowest BCUT2D eigenvalue weighted by molar-refractivity contribution is 0.232. The van der Waals surface area contributed by atoms with Crippen molar-refractivity contribution in [2.45, 2.75) is 45.1 Å². The average molecular weight is 301 g/mol. The quantitative estimate of drug-likeness (QED) is 0.909. The van der Waals surface area contributed by atoms with Crippen LogP contribution in [0.4, 0.5) is 10.6 Å². The Balaban J connectivity index is 1.75. The zero-order valence-corrected chi connectivity index (χ0v) is 12.7. The van der Waals surface area contributed by atoms with Crippen LogP contribution in [0.3, 0.4) is 0 Å². The maximum Gasteiger partial charge on any atom is 0.321 e. The van der Waals surface area contributed by atoms with Crippen LogP contribution in [0.5, 0.6) is 0 Å². The van der Waals surface area contributed by atoms with Crippen LogP contribution in [0.2, 0.25) is 0 Å². The maximum absolute atomic E-state index is 12.3. The number of carbonyl (C=O) groups is 1. The molecule has 0 bridgehead atoms. The van der Waals surface area contributed by atoms with Crippen LogP contribution in [-0.4, -0.2) is 21.2 Å². The number of hydrogen-bond acceptors (Lipinski definition) is 5.